The van der Waals surface area contributed by atoms with Gasteiger partial charge in [0.05, 0.1) is 12.9 Å². The molecule has 1 saturated heterocycles. The summed E-state index contributed by atoms with van der Waals surface area (Å²) in [6.07, 6.45) is 1.97. The van der Waals surface area contributed by atoms with Gasteiger partial charge in [0.15, 0.2) is 5.78 Å². The van der Waals surface area contributed by atoms with Crippen molar-refractivity contribution in [2.45, 2.75) is 25.5 Å². The lowest BCUT2D eigenvalue weighted by Gasteiger charge is -2.21. The summed E-state index contributed by atoms with van der Waals surface area (Å²) in [6, 6.07) is 5.31. The Balaban J connectivity index is 2.04. The minimum atomic E-state index is -0.949. The van der Waals surface area contributed by atoms with Gasteiger partial charge in [0.2, 0.25) is 0 Å². The van der Waals surface area contributed by atoms with Crippen LogP contribution in [-0.2, 0) is 21.3 Å². The van der Waals surface area contributed by atoms with E-state index in [-0.39, 0.29) is 5.78 Å². The smallest absolute Gasteiger partial charge is 0.159 e. The molecule has 1 atom stereocenters. The van der Waals surface area contributed by atoms with Crippen LogP contribution in [0.4, 0.5) is 0 Å². The zero-order valence-electron chi connectivity index (χ0n) is 12.6. The molecule has 1 heterocycles. The molecule has 1 aromatic carbocycles. The van der Waals surface area contributed by atoms with E-state index >= 15 is 0 Å². The highest BCUT2D eigenvalue weighted by molar-refractivity contribution is 7.84. The van der Waals surface area contributed by atoms with Gasteiger partial charge in [-0.25, -0.2) is 0 Å². The topological polar surface area (TPSA) is 52.6 Å². The highest BCUT2D eigenvalue weighted by atomic mass is 32.2. The minimum absolute atomic E-state index is 0.00844. The normalized spacial score (nSPS) is 17.4. The van der Waals surface area contributed by atoms with E-state index in [0.29, 0.717) is 28.7 Å². The standard InChI is InChI=1S/C16H22O4S/c1-12(17)14-3-4-16(19-2)15(9-14)11-21(18)10-13-5-7-20-8-6-13/h3-4,9,13H,5-8,10-11H2,1-2H3/t21-/m1/s1. The van der Waals surface area contributed by atoms with Gasteiger partial charge in [-0.1, -0.05) is 0 Å². The van der Waals surface area contributed by atoms with Gasteiger partial charge in [-0.05, 0) is 43.9 Å². The Labute approximate surface area is 128 Å². The Hall–Kier alpha value is -1.20. The summed E-state index contributed by atoms with van der Waals surface area (Å²) in [5.41, 5.74) is 1.48. The van der Waals surface area contributed by atoms with Crippen LogP contribution in [0.5, 0.6) is 5.75 Å². The Bertz CT molecular complexity index is 521. The third kappa shape index (κ3) is 4.64. The number of carbonyl (C=O) groups is 1. The molecule has 1 aliphatic heterocycles. The number of hydrogen-bond acceptors (Lipinski definition) is 4. The lowest BCUT2D eigenvalue weighted by Crippen LogP contribution is -2.21. The van der Waals surface area contributed by atoms with Gasteiger partial charge < -0.3 is 9.47 Å². The molecule has 0 bridgehead atoms. The van der Waals surface area contributed by atoms with E-state index in [9.17, 15) is 9.00 Å². The molecule has 2 rings (SSSR count). The van der Waals surface area contributed by atoms with Crippen LogP contribution in [0, 0.1) is 5.92 Å². The van der Waals surface area contributed by atoms with Gasteiger partial charge in [-0.3, -0.25) is 9.00 Å². The molecule has 1 aromatic rings. The molecule has 0 unspecified atom stereocenters. The van der Waals surface area contributed by atoms with E-state index in [1.54, 1.807) is 25.3 Å². The fourth-order valence-corrected chi connectivity index (χ4v) is 4.07. The second-order valence-corrected chi connectivity index (χ2v) is 6.89. The first-order valence-electron chi connectivity index (χ1n) is 7.20. The average molecular weight is 310 g/mol. The molecular weight excluding hydrogens is 288 g/mol. The summed E-state index contributed by atoms with van der Waals surface area (Å²) < 4.78 is 23.0. The van der Waals surface area contributed by atoms with Crippen molar-refractivity contribution in [2.24, 2.45) is 5.92 Å². The lowest BCUT2D eigenvalue weighted by molar-refractivity contribution is 0.0725. The fourth-order valence-electron chi connectivity index (χ4n) is 2.52. The van der Waals surface area contributed by atoms with Crippen LogP contribution in [-0.4, -0.2) is 36.1 Å². The summed E-state index contributed by atoms with van der Waals surface area (Å²) in [6.45, 7) is 3.07. The molecular formula is C16H22O4S. The quantitative estimate of drug-likeness (QED) is 0.758. The number of methoxy groups -OCH3 is 1. The Kier molecular flexibility index (Phi) is 5.94. The maximum atomic E-state index is 12.4. The molecule has 0 aliphatic carbocycles. The molecule has 21 heavy (non-hydrogen) atoms. The van der Waals surface area contributed by atoms with Crippen LogP contribution in [0.3, 0.4) is 0 Å². The first kappa shape index (κ1) is 16.2. The van der Waals surface area contributed by atoms with Crippen molar-refractivity contribution in [1.82, 2.24) is 0 Å². The van der Waals surface area contributed by atoms with E-state index in [0.717, 1.165) is 31.6 Å². The van der Waals surface area contributed by atoms with E-state index in [1.807, 2.05) is 0 Å². The molecule has 0 spiro atoms. The molecule has 0 radical (unpaired) electrons. The van der Waals surface area contributed by atoms with E-state index in [2.05, 4.69) is 0 Å². The number of hydrogen-bond donors (Lipinski definition) is 0. The lowest BCUT2D eigenvalue weighted by atomic mass is 10.0. The molecule has 1 aliphatic rings. The molecule has 1 fully saturated rings. The van der Waals surface area contributed by atoms with E-state index in [4.69, 9.17) is 9.47 Å². The van der Waals surface area contributed by atoms with Crippen molar-refractivity contribution >= 4 is 16.6 Å². The van der Waals surface area contributed by atoms with Gasteiger partial charge in [-0.2, -0.15) is 0 Å². The number of ketones is 1. The third-order valence-electron chi connectivity index (χ3n) is 3.77. The van der Waals surface area contributed by atoms with Crippen LogP contribution in [0.1, 0.15) is 35.7 Å². The Morgan fingerprint density at radius 2 is 2.10 bits per heavy atom. The number of Topliss-reactive ketones (excluding diaryl/α,β-unsaturated/α-hetero) is 1. The number of carbonyl (C=O) groups excluding carboxylic acids is 1. The monoisotopic (exact) mass is 310 g/mol. The molecule has 4 nitrogen and oxygen atoms in total. The Morgan fingerprint density at radius 3 is 2.71 bits per heavy atom. The summed E-state index contributed by atoms with van der Waals surface area (Å²) in [4.78, 5) is 11.5. The van der Waals surface area contributed by atoms with Crippen LogP contribution < -0.4 is 4.74 Å². The second kappa shape index (κ2) is 7.71. The molecule has 5 heteroatoms. The third-order valence-corrected chi connectivity index (χ3v) is 5.24. The second-order valence-electron chi connectivity index (χ2n) is 5.39. The van der Waals surface area contributed by atoms with Gasteiger partial charge >= 0.3 is 0 Å². The van der Waals surface area contributed by atoms with E-state index < -0.39 is 10.8 Å². The van der Waals surface area contributed by atoms with Crippen LogP contribution in [0.15, 0.2) is 18.2 Å². The zero-order chi connectivity index (χ0) is 15.2. The van der Waals surface area contributed by atoms with Crippen molar-refractivity contribution in [3.8, 4) is 5.75 Å². The number of ether oxygens (including phenoxy) is 2. The minimum Gasteiger partial charge on any atom is -0.496 e. The highest BCUT2D eigenvalue weighted by Crippen LogP contribution is 2.23. The van der Waals surface area contributed by atoms with E-state index in [1.165, 1.54) is 6.92 Å². The van der Waals surface area contributed by atoms with Crippen molar-refractivity contribution in [3.63, 3.8) is 0 Å². The molecule has 0 N–H and O–H groups in total. The van der Waals surface area contributed by atoms with Crippen molar-refractivity contribution in [3.05, 3.63) is 29.3 Å². The van der Waals surface area contributed by atoms with Gasteiger partial charge in [0.1, 0.15) is 5.75 Å². The summed E-state index contributed by atoms with van der Waals surface area (Å²) in [7, 11) is 0.642. The maximum absolute atomic E-state index is 12.4. The summed E-state index contributed by atoms with van der Waals surface area (Å²) >= 11 is 0. The molecule has 0 amide bonds. The van der Waals surface area contributed by atoms with Gasteiger partial charge in [0.25, 0.3) is 0 Å². The van der Waals surface area contributed by atoms with Gasteiger partial charge in [-0.15, -0.1) is 0 Å². The average Bonchev–Trinajstić information content (AvgIpc) is 2.48. The number of benzene rings is 1. The predicted molar refractivity (Wildman–Crippen MR) is 83.3 cm³/mol. The molecule has 0 saturated carbocycles. The fraction of sp³-hybridized carbons (Fsp3) is 0.562. The summed E-state index contributed by atoms with van der Waals surface area (Å²) in [5.74, 6) is 2.30. The predicted octanol–water partition coefficient (Wildman–Crippen LogP) is 2.57. The van der Waals surface area contributed by atoms with Crippen molar-refractivity contribution < 1.29 is 18.5 Å². The van der Waals surface area contributed by atoms with Crippen LogP contribution in [0.25, 0.3) is 0 Å². The highest BCUT2D eigenvalue weighted by Gasteiger charge is 2.18. The number of rotatable bonds is 6. The van der Waals surface area contributed by atoms with Crippen molar-refractivity contribution in [1.29, 1.82) is 0 Å². The van der Waals surface area contributed by atoms with Crippen LogP contribution in [0.2, 0.25) is 0 Å². The maximum Gasteiger partial charge on any atom is 0.159 e. The summed E-state index contributed by atoms with van der Waals surface area (Å²) in [5, 5.41) is 0. The van der Waals surface area contributed by atoms with Crippen LogP contribution >= 0.6 is 0 Å². The molecule has 0 aromatic heterocycles. The van der Waals surface area contributed by atoms with Crippen molar-refractivity contribution in [2.75, 3.05) is 26.1 Å². The first-order chi connectivity index (χ1) is 10.1. The zero-order valence-corrected chi connectivity index (χ0v) is 13.4. The Morgan fingerprint density at radius 1 is 1.38 bits per heavy atom. The molecule has 116 valence electrons. The van der Waals surface area contributed by atoms with Gasteiger partial charge in [0, 0.05) is 40.9 Å². The largest absolute Gasteiger partial charge is 0.496 e. The first-order valence-corrected chi connectivity index (χ1v) is 8.69. The SMILES string of the molecule is COc1ccc(C(C)=O)cc1C[S@](=O)CC1CCOCC1.